The summed E-state index contributed by atoms with van der Waals surface area (Å²) in [6.45, 7) is 10.4. The van der Waals surface area contributed by atoms with Crippen molar-refractivity contribution in [2.24, 2.45) is 0 Å². The molecule has 1 unspecified atom stereocenters. The molecular weight excluding hydrogens is 548 g/mol. The molecule has 3 amide bonds. The lowest BCUT2D eigenvalue weighted by Crippen LogP contribution is -2.48. The molecule has 0 aromatic heterocycles. The fourth-order valence-corrected chi connectivity index (χ4v) is 6.34. The Labute approximate surface area is 253 Å². The molecule has 0 aliphatic carbocycles. The van der Waals surface area contributed by atoms with Gasteiger partial charge < -0.3 is 15.1 Å². The molecule has 3 aromatic rings. The highest BCUT2D eigenvalue weighted by Gasteiger charge is 2.29. The SMILES string of the molecule is CC(=O)N1CCN(CCC2CCCN(C(=O)c3ccc(NC(=O)c4ccccc4C)cc3C)c3ccc(Cl)cc32)CC1. The molecular formula is C34H39ClN4O3. The van der Waals surface area contributed by atoms with Gasteiger partial charge in [-0.25, -0.2) is 0 Å². The average Bonchev–Trinajstić information content (AvgIpc) is 3.15. The highest BCUT2D eigenvalue weighted by molar-refractivity contribution is 6.30. The van der Waals surface area contributed by atoms with Crippen LogP contribution in [0.15, 0.2) is 60.7 Å². The summed E-state index contributed by atoms with van der Waals surface area (Å²) in [5, 5.41) is 3.64. The van der Waals surface area contributed by atoms with E-state index in [9.17, 15) is 14.4 Å². The van der Waals surface area contributed by atoms with E-state index in [1.54, 1.807) is 19.1 Å². The molecule has 3 aromatic carbocycles. The van der Waals surface area contributed by atoms with Crippen LogP contribution in [0.3, 0.4) is 0 Å². The van der Waals surface area contributed by atoms with Gasteiger partial charge in [-0.15, -0.1) is 0 Å². The second-order valence-electron chi connectivity index (χ2n) is 11.4. The Bertz CT molecular complexity index is 1480. The first kappa shape index (κ1) is 29.8. The summed E-state index contributed by atoms with van der Waals surface area (Å²) < 4.78 is 0. The number of piperazine rings is 1. The van der Waals surface area contributed by atoms with Gasteiger partial charge in [-0.2, -0.15) is 0 Å². The highest BCUT2D eigenvalue weighted by atomic mass is 35.5. The summed E-state index contributed by atoms with van der Waals surface area (Å²) in [4.78, 5) is 44.7. The van der Waals surface area contributed by atoms with E-state index in [0.717, 1.165) is 74.4 Å². The van der Waals surface area contributed by atoms with Crippen LogP contribution in [0.4, 0.5) is 11.4 Å². The molecule has 1 N–H and O–H groups in total. The highest BCUT2D eigenvalue weighted by Crippen LogP contribution is 2.39. The summed E-state index contributed by atoms with van der Waals surface area (Å²) in [5.74, 6) is 0.219. The number of fused-ring (bicyclic) bond motifs is 1. The molecule has 2 aliphatic rings. The first-order valence-electron chi connectivity index (χ1n) is 14.8. The normalized spacial score (nSPS) is 17.4. The lowest BCUT2D eigenvalue weighted by Gasteiger charge is -2.35. The summed E-state index contributed by atoms with van der Waals surface area (Å²) in [5.41, 5.74) is 5.66. The van der Waals surface area contributed by atoms with Crippen molar-refractivity contribution in [2.45, 2.75) is 46.0 Å². The van der Waals surface area contributed by atoms with Crippen molar-refractivity contribution in [3.8, 4) is 0 Å². The minimum atomic E-state index is -0.170. The van der Waals surface area contributed by atoms with Gasteiger partial charge in [-0.05, 0) is 105 Å². The van der Waals surface area contributed by atoms with Crippen LogP contribution in [-0.2, 0) is 4.79 Å². The predicted molar refractivity (Wildman–Crippen MR) is 169 cm³/mol. The van der Waals surface area contributed by atoms with Gasteiger partial charge in [0.15, 0.2) is 0 Å². The zero-order valence-electron chi connectivity index (χ0n) is 24.7. The lowest BCUT2D eigenvalue weighted by atomic mass is 9.90. The van der Waals surface area contributed by atoms with Crippen molar-refractivity contribution in [2.75, 3.05) is 49.5 Å². The fraction of sp³-hybridized carbons (Fsp3) is 0.382. The molecule has 42 heavy (non-hydrogen) atoms. The Kier molecular flexibility index (Phi) is 9.29. The first-order valence-corrected chi connectivity index (χ1v) is 15.2. The number of nitrogens with zero attached hydrogens (tertiary/aromatic N) is 3. The number of aryl methyl sites for hydroxylation is 2. The molecule has 1 atom stereocenters. The Morgan fingerprint density at radius 3 is 2.36 bits per heavy atom. The Morgan fingerprint density at radius 1 is 0.881 bits per heavy atom. The fourth-order valence-electron chi connectivity index (χ4n) is 6.16. The van der Waals surface area contributed by atoms with E-state index < -0.39 is 0 Å². The molecule has 8 heteroatoms. The lowest BCUT2D eigenvalue weighted by molar-refractivity contribution is -0.130. The quantitative estimate of drug-likeness (QED) is 0.368. The molecule has 0 spiro atoms. The number of hydrogen-bond acceptors (Lipinski definition) is 4. The third kappa shape index (κ3) is 6.69. The Morgan fingerprint density at radius 2 is 1.64 bits per heavy atom. The summed E-state index contributed by atoms with van der Waals surface area (Å²) in [6.07, 6.45) is 2.85. The maximum atomic E-state index is 14.0. The van der Waals surface area contributed by atoms with Gasteiger partial charge in [0, 0.05) is 67.2 Å². The van der Waals surface area contributed by atoms with Crippen LogP contribution in [0.1, 0.15) is 69.5 Å². The van der Waals surface area contributed by atoms with Crippen LogP contribution in [0.5, 0.6) is 0 Å². The van der Waals surface area contributed by atoms with Crippen LogP contribution in [0, 0.1) is 13.8 Å². The van der Waals surface area contributed by atoms with E-state index in [1.807, 2.05) is 72.2 Å². The second-order valence-corrected chi connectivity index (χ2v) is 11.9. The minimum Gasteiger partial charge on any atom is -0.340 e. The van der Waals surface area contributed by atoms with Gasteiger partial charge in [0.05, 0.1) is 0 Å². The van der Waals surface area contributed by atoms with E-state index in [-0.39, 0.29) is 17.7 Å². The number of hydrogen-bond donors (Lipinski definition) is 1. The van der Waals surface area contributed by atoms with E-state index >= 15 is 0 Å². The van der Waals surface area contributed by atoms with Gasteiger partial charge >= 0.3 is 0 Å². The minimum absolute atomic E-state index is 0.0474. The summed E-state index contributed by atoms with van der Waals surface area (Å²) >= 11 is 6.49. The molecule has 7 nitrogen and oxygen atoms in total. The van der Waals surface area contributed by atoms with E-state index in [2.05, 4.69) is 10.2 Å². The van der Waals surface area contributed by atoms with Crippen LogP contribution >= 0.6 is 11.6 Å². The maximum absolute atomic E-state index is 14.0. The number of halogens is 1. The van der Waals surface area contributed by atoms with Crippen molar-refractivity contribution < 1.29 is 14.4 Å². The van der Waals surface area contributed by atoms with Crippen molar-refractivity contribution >= 4 is 40.7 Å². The van der Waals surface area contributed by atoms with Crippen molar-refractivity contribution in [1.29, 1.82) is 0 Å². The molecule has 220 valence electrons. The monoisotopic (exact) mass is 586 g/mol. The first-order chi connectivity index (χ1) is 20.2. The predicted octanol–water partition coefficient (Wildman–Crippen LogP) is 6.29. The number of amides is 3. The van der Waals surface area contributed by atoms with Crippen molar-refractivity contribution in [3.63, 3.8) is 0 Å². The Balaban J connectivity index is 1.31. The molecule has 0 radical (unpaired) electrons. The molecule has 2 aliphatic heterocycles. The van der Waals surface area contributed by atoms with E-state index in [1.165, 1.54) is 0 Å². The molecule has 5 rings (SSSR count). The Hall–Kier alpha value is -3.68. The maximum Gasteiger partial charge on any atom is 0.258 e. The van der Waals surface area contributed by atoms with Gasteiger partial charge in [-0.1, -0.05) is 29.8 Å². The standard InChI is InChI=1S/C34H39ClN4O3/c1-23-7-4-5-9-29(23)33(41)36-28-11-12-30(24(2)21-28)34(42)39-15-6-8-26(31-22-27(35)10-13-32(31)39)14-16-37-17-19-38(20-18-37)25(3)40/h4-5,7,9-13,21-22,26H,6,8,14-20H2,1-3H3,(H,36,41). The van der Waals surface area contributed by atoms with E-state index in [4.69, 9.17) is 11.6 Å². The molecule has 1 saturated heterocycles. The number of rotatable bonds is 6. The number of carbonyl (C=O) groups is 3. The summed E-state index contributed by atoms with van der Waals surface area (Å²) in [7, 11) is 0. The van der Waals surface area contributed by atoms with Crippen LogP contribution in [0.25, 0.3) is 0 Å². The molecule has 1 fully saturated rings. The zero-order chi connectivity index (χ0) is 29.8. The third-order valence-electron chi connectivity index (χ3n) is 8.62. The number of carbonyl (C=O) groups excluding carboxylic acids is 3. The topological polar surface area (TPSA) is 73.0 Å². The average molecular weight is 587 g/mol. The second kappa shape index (κ2) is 13.1. The van der Waals surface area contributed by atoms with Crippen molar-refractivity contribution in [3.05, 3.63) is 93.5 Å². The van der Waals surface area contributed by atoms with Crippen LogP contribution in [0.2, 0.25) is 5.02 Å². The number of benzene rings is 3. The largest absolute Gasteiger partial charge is 0.340 e. The smallest absolute Gasteiger partial charge is 0.258 e. The number of anilines is 2. The van der Waals surface area contributed by atoms with Gasteiger partial charge in [0.2, 0.25) is 5.91 Å². The zero-order valence-corrected chi connectivity index (χ0v) is 25.4. The molecule has 2 heterocycles. The van der Waals surface area contributed by atoms with E-state index in [0.29, 0.717) is 34.3 Å². The van der Waals surface area contributed by atoms with Crippen molar-refractivity contribution in [1.82, 2.24) is 9.80 Å². The summed E-state index contributed by atoms with van der Waals surface area (Å²) in [6, 6.07) is 18.8. The van der Waals surface area contributed by atoms with Gasteiger partial charge in [-0.3, -0.25) is 19.3 Å². The third-order valence-corrected chi connectivity index (χ3v) is 8.85. The van der Waals surface area contributed by atoms with Gasteiger partial charge in [0.1, 0.15) is 0 Å². The molecule has 0 bridgehead atoms. The number of nitrogens with one attached hydrogen (secondary N) is 1. The van der Waals surface area contributed by atoms with Gasteiger partial charge in [0.25, 0.3) is 11.8 Å². The molecule has 0 saturated carbocycles. The van der Waals surface area contributed by atoms with Crippen LogP contribution in [-0.4, -0.2) is 66.8 Å². The van der Waals surface area contributed by atoms with Crippen LogP contribution < -0.4 is 10.2 Å².